The predicted molar refractivity (Wildman–Crippen MR) is 76.4 cm³/mol. The lowest BCUT2D eigenvalue weighted by Crippen LogP contribution is -2.20. The third-order valence-corrected chi connectivity index (χ3v) is 2.77. The zero-order valence-electron chi connectivity index (χ0n) is 10.4. The number of amides is 1. The molecule has 0 atom stereocenters. The maximum absolute atomic E-state index is 13.3. The van der Waals surface area contributed by atoms with Crippen LogP contribution in [0.2, 0.25) is 5.02 Å². The van der Waals surface area contributed by atoms with Crippen molar-refractivity contribution in [3.8, 4) is 5.75 Å². The Hall–Kier alpha value is -2.27. The molecule has 0 fully saturated rings. The summed E-state index contributed by atoms with van der Waals surface area (Å²) < 4.78 is 18.6. The molecule has 0 bridgehead atoms. The molecule has 0 aromatic heterocycles. The highest BCUT2D eigenvalue weighted by molar-refractivity contribution is 6.32. The minimum atomic E-state index is -0.511. The van der Waals surface area contributed by atoms with Crippen molar-refractivity contribution in [2.45, 2.75) is 0 Å². The molecule has 104 valence electrons. The fourth-order valence-corrected chi connectivity index (χ4v) is 1.69. The molecule has 4 nitrogen and oxygen atoms in total. The van der Waals surface area contributed by atoms with Crippen LogP contribution in [0.15, 0.2) is 42.5 Å². The monoisotopic (exact) mass is 294 g/mol. The van der Waals surface area contributed by atoms with Crippen molar-refractivity contribution >= 4 is 28.9 Å². The third kappa shape index (κ3) is 3.61. The van der Waals surface area contributed by atoms with Crippen molar-refractivity contribution in [3.63, 3.8) is 0 Å². The molecule has 2 aromatic carbocycles. The molecule has 0 saturated heterocycles. The summed E-state index contributed by atoms with van der Waals surface area (Å²) in [6.07, 6.45) is 0. The van der Waals surface area contributed by atoms with E-state index in [2.05, 4.69) is 5.32 Å². The van der Waals surface area contributed by atoms with Crippen LogP contribution in [-0.4, -0.2) is 12.5 Å². The van der Waals surface area contributed by atoms with Gasteiger partial charge in [0.15, 0.2) is 6.61 Å². The molecule has 2 aromatic rings. The first-order chi connectivity index (χ1) is 9.56. The Labute approximate surface area is 120 Å². The molecule has 20 heavy (non-hydrogen) atoms. The van der Waals surface area contributed by atoms with Gasteiger partial charge in [-0.25, -0.2) is 4.39 Å². The fourth-order valence-electron chi connectivity index (χ4n) is 1.52. The van der Waals surface area contributed by atoms with Gasteiger partial charge in [-0.05, 0) is 24.3 Å². The number of anilines is 2. The normalized spacial score (nSPS) is 10.1. The summed E-state index contributed by atoms with van der Waals surface area (Å²) in [4.78, 5) is 11.7. The zero-order valence-corrected chi connectivity index (χ0v) is 11.2. The Balaban J connectivity index is 1.96. The topological polar surface area (TPSA) is 64.3 Å². The lowest BCUT2D eigenvalue weighted by molar-refractivity contribution is -0.118. The van der Waals surface area contributed by atoms with Crippen LogP contribution in [0, 0.1) is 5.82 Å². The highest BCUT2D eigenvalue weighted by atomic mass is 35.5. The van der Waals surface area contributed by atoms with E-state index in [9.17, 15) is 9.18 Å². The van der Waals surface area contributed by atoms with Crippen LogP contribution >= 0.6 is 11.6 Å². The smallest absolute Gasteiger partial charge is 0.262 e. The molecule has 1 amide bonds. The van der Waals surface area contributed by atoms with Crippen molar-refractivity contribution in [1.82, 2.24) is 0 Å². The highest BCUT2D eigenvalue weighted by Crippen LogP contribution is 2.26. The molecule has 3 N–H and O–H groups in total. The number of nitrogens with one attached hydrogen (secondary N) is 1. The van der Waals surface area contributed by atoms with Gasteiger partial charge in [-0.3, -0.25) is 4.79 Å². The first-order valence-corrected chi connectivity index (χ1v) is 6.16. The minimum Gasteiger partial charge on any atom is -0.482 e. The molecule has 0 unspecified atom stereocenters. The van der Waals surface area contributed by atoms with E-state index in [4.69, 9.17) is 22.1 Å². The lowest BCUT2D eigenvalue weighted by Gasteiger charge is -2.09. The summed E-state index contributed by atoms with van der Waals surface area (Å²) in [5, 5.41) is 2.75. The molecule has 0 heterocycles. The Morgan fingerprint density at radius 2 is 2.05 bits per heavy atom. The molecule has 0 radical (unpaired) electrons. The van der Waals surface area contributed by atoms with Gasteiger partial charge in [0.2, 0.25) is 0 Å². The van der Waals surface area contributed by atoms with Crippen molar-refractivity contribution in [2.75, 3.05) is 17.7 Å². The molecular formula is C14H12ClFN2O2. The SMILES string of the molecule is Nc1ccc(Cl)c(OCC(=O)Nc2ccccc2F)c1. The maximum Gasteiger partial charge on any atom is 0.262 e. The minimum absolute atomic E-state index is 0.0970. The fraction of sp³-hybridized carbons (Fsp3) is 0.0714. The van der Waals surface area contributed by atoms with E-state index < -0.39 is 11.7 Å². The number of nitrogens with two attached hydrogens (primary N) is 1. The number of rotatable bonds is 4. The van der Waals surface area contributed by atoms with E-state index in [0.717, 1.165) is 0 Å². The molecule has 0 saturated carbocycles. The Morgan fingerprint density at radius 1 is 1.30 bits per heavy atom. The molecule has 0 aliphatic carbocycles. The number of halogens is 2. The molecule has 2 rings (SSSR count). The molecule has 0 aliphatic heterocycles. The average Bonchev–Trinajstić information content (AvgIpc) is 2.42. The van der Waals surface area contributed by atoms with Gasteiger partial charge in [-0.2, -0.15) is 0 Å². The van der Waals surface area contributed by atoms with Crippen molar-refractivity contribution in [2.24, 2.45) is 0 Å². The molecule has 6 heteroatoms. The number of hydrogen-bond acceptors (Lipinski definition) is 3. The summed E-state index contributed by atoms with van der Waals surface area (Å²) in [6.45, 7) is -0.294. The van der Waals surface area contributed by atoms with Gasteiger partial charge in [-0.15, -0.1) is 0 Å². The number of ether oxygens (including phenoxy) is 1. The van der Waals surface area contributed by atoms with E-state index >= 15 is 0 Å². The average molecular weight is 295 g/mol. The number of carbonyl (C=O) groups excluding carboxylic acids is 1. The second-order valence-corrected chi connectivity index (χ2v) is 4.41. The van der Waals surface area contributed by atoms with E-state index in [0.29, 0.717) is 16.5 Å². The number of nitrogen functional groups attached to an aromatic ring is 1. The standard InChI is InChI=1S/C14H12ClFN2O2/c15-10-6-5-9(17)7-13(10)20-8-14(19)18-12-4-2-1-3-11(12)16/h1-7H,8,17H2,(H,18,19). The zero-order chi connectivity index (χ0) is 14.5. The van der Waals surface area contributed by atoms with Gasteiger partial charge in [0.1, 0.15) is 11.6 Å². The summed E-state index contributed by atoms with van der Waals surface area (Å²) in [7, 11) is 0. The summed E-state index contributed by atoms with van der Waals surface area (Å²) in [5.41, 5.74) is 6.16. The van der Waals surface area contributed by atoms with Gasteiger partial charge in [0.05, 0.1) is 10.7 Å². The number of carbonyl (C=O) groups is 1. The predicted octanol–water partition coefficient (Wildman–Crippen LogP) is 3.08. The second-order valence-electron chi connectivity index (χ2n) is 4.01. The van der Waals surface area contributed by atoms with E-state index in [-0.39, 0.29) is 12.3 Å². The van der Waals surface area contributed by atoms with Crippen molar-refractivity contribution < 1.29 is 13.9 Å². The first-order valence-electron chi connectivity index (χ1n) is 5.78. The summed E-state index contributed by atoms with van der Waals surface area (Å²) in [6, 6.07) is 10.6. The third-order valence-electron chi connectivity index (χ3n) is 2.46. The summed E-state index contributed by atoms with van der Waals surface area (Å²) in [5.74, 6) is -0.702. The van der Waals surface area contributed by atoms with E-state index in [1.54, 1.807) is 18.2 Å². The van der Waals surface area contributed by atoms with Crippen molar-refractivity contribution in [3.05, 3.63) is 53.3 Å². The molecule has 0 spiro atoms. The Kier molecular flexibility index (Phi) is 4.42. The number of hydrogen-bond donors (Lipinski definition) is 2. The van der Waals surface area contributed by atoms with Gasteiger partial charge in [0, 0.05) is 11.8 Å². The van der Waals surface area contributed by atoms with E-state index in [1.165, 1.54) is 24.3 Å². The van der Waals surface area contributed by atoms with Gasteiger partial charge in [-0.1, -0.05) is 23.7 Å². The van der Waals surface area contributed by atoms with Crippen LogP contribution < -0.4 is 15.8 Å². The maximum atomic E-state index is 13.3. The van der Waals surface area contributed by atoms with Crippen LogP contribution in [0.25, 0.3) is 0 Å². The van der Waals surface area contributed by atoms with Gasteiger partial charge >= 0.3 is 0 Å². The first kappa shape index (κ1) is 14.1. The van der Waals surface area contributed by atoms with Crippen molar-refractivity contribution in [1.29, 1.82) is 0 Å². The highest BCUT2D eigenvalue weighted by Gasteiger charge is 2.09. The number of benzene rings is 2. The largest absolute Gasteiger partial charge is 0.482 e. The van der Waals surface area contributed by atoms with Crippen LogP contribution in [0.4, 0.5) is 15.8 Å². The van der Waals surface area contributed by atoms with Crippen LogP contribution in [-0.2, 0) is 4.79 Å². The van der Waals surface area contributed by atoms with Crippen LogP contribution in [0.1, 0.15) is 0 Å². The molecular weight excluding hydrogens is 283 g/mol. The second kappa shape index (κ2) is 6.25. The summed E-state index contributed by atoms with van der Waals surface area (Å²) >= 11 is 5.89. The van der Waals surface area contributed by atoms with Crippen LogP contribution in [0.3, 0.4) is 0 Å². The molecule has 0 aliphatic rings. The Bertz CT molecular complexity index is 634. The van der Waals surface area contributed by atoms with Gasteiger partial charge in [0.25, 0.3) is 5.91 Å². The van der Waals surface area contributed by atoms with E-state index in [1.807, 2.05) is 0 Å². The van der Waals surface area contributed by atoms with Crippen LogP contribution in [0.5, 0.6) is 5.75 Å². The Morgan fingerprint density at radius 3 is 2.80 bits per heavy atom. The van der Waals surface area contributed by atoms with Gasteiger partial charge < -0.3 is 15.8 Å². The quantitative estimate of drug-likeness (QED) is 0.852. The lowest BCUT2D eigenvalue weighted by atomic mass is 10.3. The number of para-hydroxylation sites is 1.